The van der Waals surface area contributed by atoms with Crippen LogP contribution in [-0.2, 0) is 6.42 Å². The fourth-order valence-corrected chi connectivity index (χ4v) is 4.11. The number of carbonyl (C=O) groups is 1. The van der Waals surface area contributed by atoms with Crippen LogP contribution in [0.1, 0.15) is 29.2 Å². The summed E-state index contributed by atoms with van der Waals surface area (Å²) in [6.45, 7) is 4.12. The van der Waals surface area contributed by atoms with Gasteiger partial charge in [0.05, 0.1) is 16.2 Å². The van der Waals surface area contributed by atoms with Crippen molar-refractivity contribution in [3.05, 3.63) is 81.9 Å². The number of hydrogen-bond acceptors (Lipinski definition) is 2. The number of nitrogens with one attached hydrogen (secondary N) is 2. The number of hydrogen-bond donors (Lipinski definition) is 2. The van der Waals surface area contributed by atoms with Crippen LogP contribution in [0.2, 0.25) is 0 Å². The van der Waals surface area contributed by atoms with Crippen molar-refractivity contribution in [3.8, 4) is 5.75 Å². The average molecular weight is 411 g/mol. The van der Waals surface area contributed by atoms with Crippen LogP contribution >= 0.6 is 15.9 Å². The normalized spacial score (nSPS) is 18.3. The van der Waals surface area contributed by atoms with Gasteiger partial charge >= 0.3 is 6.03 Å². The molecule has 132 valence electrons. The van der Waals surface area contributed by atoms with Crippen LogP contribution in [0, 0.1) is 0 Å². The lowest BCUT2D eigenvalue weighted by Crippen LogP contribution is -2.44. The SMILES string of the molecule is C=CCOc1ccc(C2NC(=O)NC3=C2CCc2ccccc23)cc1Br. The summed E-state index contributed by atoms with van der Waals surface area (Å²) in [4.78, 5) is 12.3. The van der Waals surface area contributed by atoms with Gasteiger partial charge in [0.1, 0.15) is 12.4 Å². The quantitative estimate of drug-likeness (QED) is 0.715. The molecule has 0 radical (unpaired) electrons. The minimum absolute atomic E-state index is 0.142. The average Bonchev–Trinajstić information content (AvgIpc) is 2.66. The molecule has 0 bridgehead atoms. The Morgan fingerprint density at radius 3 is 2.88 bits per heavy atom. The van der Waals surface area contributed by atoms with Gasteiger partial charge in [-0.3, -0.25) is 0 Å². The molecule has 2 aromatic carbocycles. The van der Waals surface area contributed by atoms with Gasteiger partial charge in [0.2, 0.25) is 0 Å². The first-order chi connectivity index (χ1) is 12.7. The molecule has 4 nitrogen and oxygen atoms in total. The van der Waals surface area contributed by atoms with Gasteiger partial charge in [0.25, 0.3) is 0 Å². The molecule has 0 aromatic heterocycles. The Hall–Kier alpha value is -2.53. The van der Waals surface area contributed by atoms with Crippen molar-refractivity contribution in [2.24, 2.45) is 0 Å². The minimum Gasteiger partial charge on any atom is -0.488 e. The maximum Gasteiger partial charge on any atom is 0.319 e. The zero-order valence-corrected chi connectivity index (χ0v) is 15.8. The molecule has 1 heterocycles. The van der Waals surface area contributed by atoms with Crippen molar-refractivity contribution in [2.75, 3.05) is 6.61 Å². The fourth-order valence-electron chi connectivity index (χ4n) is 3.60. The summed E-state index contributed by atoms with van der Waals surface area (Å²) in [6.07, 6.45) is 3.60. The number of urea groups is 1. The summed E-state index contributed by atoms with van der Waals surface area (Å²) in [5.74, 6) is 0.761. The number of rotatable bonds is 4. The van der Waals surface area contributed by atoms with Crippen LogP contribution in [0.4, 0.5) is 4.79 Å². The third-order valence-corrected chi connectivity index (χ3v) is 5.40. The monoisotopic (exact) mass is 410 g/mol. The summed E-state index contributed by atoms with van der Waals surface area (Å²) >= 11 is 3.57. The third-order valence-electron chi connectivity index (χ3n) is 4.78. The van der Waals surface area contributed by atoms with E-state index in [0.717, 1.165) is 39.9 Å². The smallest absolute Gasteiger partial charge is 0.319 e. The van der Waals surface area contributed by atoms with Crippen molar-refractivity contribution < 1.29 is 9.53 Å². The van der Waals surface area contributed by atoms with E-state index in [0.29, 0.717) is 6.61 Å². The number of ether oxygens (including phenoxy) is 1. The fraction of sp³-hybridized carbons (Fsp3) is 0.190. The molecule has 26 heavy (non-hydrogen) atoms. The van der Waals surface area contributed by atoms with E-state index < -0.39 is 0 Å². The summed E-state index contributed by atoms with van der Waals surface area (Å²) in [5.41, 5.74) is 5.60. The Bertz CT molecular complexity index is 920. The zero-order chi connectivity index (χ0) is 18.1. The predicted octanol–water partition coefficient (Wildman–Crippen LogP) is 4.73. The van der Waals surface area contributed by atoms with Crippen molar-refractivity contribution in [1.29, 1.82) is 0 Å². The third kappa shape index (κ3) is 3.03. The number of carbonyl (C=O) groups excluding carboxylic acids is 1. The van der Waals surface area contributed by atoms with Crippen LogP contribution in [0.15, 0.2) is 65.2 Å². The molecular formula is C21H19BrN2O2. The summed E-state index contributed by atoms with van der Waals surface area (Å²) < 4.78 is 6.49. The molecule has 2 aliphatic rings. The molecular weight excluding hydrogens is 392 g/mol. The number of halogens is 1. The molecule has 0 spiro atoms. The molecule has 1 atom stereocenters. The molecule has 2 N–H and O–H groups in total. The largest absolute Gasteiger partial charge is 0.488 e. The van der Waals surface area contributed by atoms with Gasteiger partial charge in [-0.1, -0.05) is 43.0 Å². The Labute approximate surface area is 161 Å². The second kappa shape index (κ2) is 7.00. The molecule has 5 heteroatoms. The van der Waals surface area contributed by atoms with Gasteiger partial charge in [0, 0.05) is 5.56 Å². The van der Waals surface area contributed by atoms with E-state index in [4.69, 9.17) is 4.74 Å². The Morgan fingerprint density at radius 2 is 2.08 bits per heavy atom. The highest BCUT2D eigenvalue weighted by molar-refractivity contribution is 9.10. The Morgan fingerprint density at radius 1 is 1.23 bits per heavy atom. The van der Waals surface area contributed by atoms with Gasteiger partial charge in [-0.15, -0.1) is 0 Å². The highest BCUT2D eigenvalue weighted by Gasteiger charge is 2.32. The van der Waals surface area contributed by atoms with E-state index in [9.17, 15) is 4.79 Å². The number of aryl methyl sites for hydroxylation is 1. The summed E-state index contributed by atoms with van der Waals surface area (Å²) in [5, 5.41) is 6.08. The van der Waals surface area contributed by atoms with Gasteiger partial charge in [0.15, 0.2) is 0 Å². The lowest BCUT2D eigenvalue weighted by molar-refractivity contribution is 0.240. The van der Waals surface area contributed by atoms with Crippen LogP contribution < -0.4 is 15.4 Å². The zero-order valence-electron chi connectivity index (χ0n) is 14.2. The molecule has 0 saturated carbocycles. The van der Waals surface area contributed by atoms with Gasteiger partial charge in [-0.25, -0.2) is 4.79 Å². The molecule has 1 unspecified atom stereocenters. The standard InChI is InChI=1S/C21H19BrN2O2/c1-2-11-26-18-10-8-14(12-17(18)22)19-16-9-7-13-5-3-4-6-15(13)20(16)24-21(25)23-19/h2-6,8,10,12,19H,1,7,9,11H2,(H2,23,24,25). The number of amides is 2. The van der Waals surface area contributed by atoms with Crippen molar-refractivity contribution in [2.45, 2.75) is 18.9 Å². The van der Waals surface area contributed by atoms with Gasteiger partial charge in [-0.2, -0.15) is 0 Å². The first-order valence-corrected chi connectivity index (χ1v) is 9.38. The van der Waals surface area contributed by atoms with E-state index >= 15 is 0 Å². The van der Waals surface area contributed by atoms with Gasteiger partial charge < -0.3 is 15.4 Å². The molecule has 2 aromatic rings. The van der Waals surface area contributed by atoms with Crippen molar-refractivity contribution >= 4 is 27.7 Å². The molecule has 0 fully saturated rings. The Kier molecular flexibility index (Phi) is 4.55. The van der Waals surface area contributed by atoms with E-state index in [1.807, 2.05) is 30.3 Å². The van der Waals surface area contributed by atoms with Gasteiger partial charge in [-0.05, 0) is 57.6 Å². The molecule has 4 rings (SSSR count). The molecule has 0 saturated heterocycles. The van der Waals surface area contributed by atoms with E-state index in [1.54, 1.807) is 6.08 Å². The van der Waals surface area contributed by atoms with Crippen LogP contribution in [0.25, 0.3) is 5.70 Å². The van der Waals surface area contributed by atoms with Crippen LogP contribution in [0.3, 0.4) is 0 Å². The maximum atomic E-state index is 12.3. The lowest BCUT2D eigenvalue weighted by atomic mass is 9.83. The van der Waals surface area contributed by atoms with Crippen molar-refractivity contribution in [1.82, 2.24) is 10.6 Å². The summed E-state index contributed by atoms with van der Waals surface area (Å²) in [7, 11) is 0. The number of benzene rings is 2. The predicted molar refractivity (Wildman–Crippen MR) is 106 cm³/mol. The second-order valence-corrected chi connectivity index (χ2v) is 7.23. The highest BCUT2D eigenvalue weighted by Crippen LogP contribution is 2.40. The highest BCUT2D eigenvalue weighted by atomic mass is 79.9. The lowest BCUT2D eigenvalue weighted by Gasteiger charge is -2.34. The van der Waals surface area contributed by atoms with Crippen LogP contribution in [0.5, 0.6) is 5.75 Å². The van der Waals surface area contributed by atoms with E-state index in [-0.39, 0.29) is 12.1 Å². The molecule has 1 aliphatic carbocycles. The topological polar surface area (TPSA) is 50.4 Å². The first-order valence-electron chi connectivity index (χ1n) is 8.59. The second-order valence-electron chi connectivity index (χ2n) is 6.38. The maximum absolute atomic E-state index is 12.3. The van der Waals surface area contributed by atoms with Crippen LogP contribution in [-0.4, -0.2) is 12.6 Å². The first kappa shape index (κ1) is 16.9. The van der Waals surface area contributed by atoms with E-state index in [1.165, 1.54) is 11.1 Å². The number of fused-ring (bicyclic) bond motifs is 2. The minimum atomic E-state index is -0.173. The summed E-state index contributed by atoms with van der Waals surface area (Å²) in [6, 6.07) is 13.9. The van der Waals surface area contributed by atoms with E-state index in [2.05, 4.69) is 45.3 Å². The van der Waals surface area contributed by atoms with Crippen molar-refractivity contribution in [3.63, 3.8) is 0 Å². The molecule has 1 aliphatic heterocycles. The molecule has 2 amide bonds. The Balaban J connectivity index is 1.74.